The van der Waals surface area contributed by atoms with E-state index in [9.17, 15) is 4.79 Å². The Kier molecular flexibility index (Phi) is 12.2. The number of aryl methyl sites for hydroxylation is 1. The molecule has 0 saturated heterocycles. The first kappa shape index (κ1) is 18.1. The minimum atomic E-state index is -0.333. The molecule has 0 aliphatic carbocycles. The molecule has 0 aromatic heterocycles. The predicted molar refractivity (Wildman–Crippen MR) is 84.6 cm³/mol. The van der Waals surface area contributed by atoms with Crippen molar-refractivity contribution in [2.45, 2.75) is 26.7 Å². The van der Waals surface area contributed by atoms with Crippen LogP contribution in [-0.2, 0) is 11.2 Å². The van der Waals surface area contributed by atoms with Crippen LogP contribution in [0, 0.1) is 0 Å². The van der Waals surface area contributed by atoms with Gasteiger partial charge in [-0.3, -0.25) is 4.79 Å². The molecule has 0 heterocycles. The fourth-order valence-corrected chi connectivity index (χ4v) is 1.32. The second-order valence-electron chi connectivity index (χ2n) is 4.25. The molecule has 0 radical (unpaired) electrons. The Balaban J connectivity index is 0.000000288. The summed E-state index contributed by atoms with van der Waals surface area (Å²) in [5, 5.41) is 7.79. The molecule has 0 aliphatic heterocycles. The zero-order valence-corrected chi connectivity index (χ0v) is 12.3. The molecular weight excluding hydrogens is 248 g/mol. The molecule has 0 fully saturated rings. The average Bonchev–Trinajstić information content (AvgIpc) is 2.51. The Morgan fingerprint density at radius 3 is 1.55 bits per heavy atom. The Bertz CT molecular complexity index is 397. The number of hydrogen-bond donors (Lipinski definition) is 1. The van der Waals surface area contributed by atoms with Gasteiger partial charge >= 0.3 is 0 Å². The number of hydrogen-bond acceptors (Lipinski definition) is 2. The molecular formula is C18H24O2. The van der Waals surface area contributed by atoms with Crippen LogP contribution in [0.4, 0.5) is 0 Å². The molecule has 0 aliphatic rings. The minimum absolute atomic E-state index is 0.190. The molecule has 0 saturated carbocycles. The highest BCUT2D eigenvalue weighted by molar-refractivity contribution is 5.76. The largest absolute Gasteiger partial charge is 0.389 e. The predicted octanol–water partition coefficient (Wildman–Crippen LogP) is 3.89. The summed E-state index contributed by atoms with van der Waals surface area (Å²) in [6, 6.07) is 22.6. The second kappa shape index (κ2) is 13.5. The normalized spacial score (nSPS) is 8.55. The third kappa shape index (κ3) is 12.5. The van der Waals surface area contributed by atoms with E-state index in [1.807, 2.05) is 36.4 Å². The van der Waals surface area contributed by atoms with Crippen molar-refractivity contribution >= 4 is 5.78 Å². The summed E-state index contributed by atoms with van der Waals surface area (Å²) >= 11 is 0. The molecule has 2 aromatic rings. The minimum Gasteiger partial charge on any atom is -0.389 e. The van der Waals surface area contributed by atoms with Gasteiger partial charge in [-0.1, -0.05) is 80.1 Å². The molecule has 0 amide bonds. The first-order valence-corrected chi connectivity index (χ1v) is 6.85. The van der Waals surface area contributed by atoms with Crippen LogP contribution in [0.3, 0.4) is 0 Å². The lowest BCUT2D eigenvalue weighted by atomic mass is 10.1. The summed E-state index contributed by atoms with van der Waals surface area (Å²) in [5.74, 6) is -0.190. The van der Waals surface area contributed by atoms with Gasteiger partial charge in [-0.2, -0.15) is 0 Å². The number of carbonyl (C=O) groups is 1. The van der Waals surface area contributed by atoms with E-state index < -0.39 is 0 Å². The van der Waals surface area contributed by atoms with Gasteiger partial charge in [-0.25, -0.2) is 0 Å². The molecule has 0 bridgehead atoms. The quantitative estimate of drug-likeness (QED) is 0.920. The van der Waals surface area contributed by atoms with Gasteiger partial charge in [-0.15, -0.1) is 0 Å². The summed E-state index contributed by atoms with van der Waals surface area (Å²) in [4.78, 5) is 9.56. The lowest BCUT2D eigenvalue weighted by molar-refractivity contribution is -0.119. The van der Waals surface area contributed by atoms with E-state index in [1.165, 1.54) is 25.3 Å². The van der Waals surface area contributed by atoms with E-state index in [2.05, 4.69) is 37.3 Å². The van der Waals surface area contributed by atoms with E-state index in [4.69, 9.17) is 5.11 Å². The molecule has 2 rings (SSSR count). The Labute approximate surface area is 122 Å². The summed E-state index contributed by atoms with van der Waals surface area (Å²) in [7, 11) is 0. The third-order valence-corrected chi connectivity index (χ3v) is 2.27. The molecule has 1 N–H and O–H groups in total. The second-order valence-corrected chi connectivity index (χ2v) is 4.25. The summed E-state index contributed by atoms with van der Waals surface area (Å²) < 4.78 is 0. The van der Waals surface area contributed by atoms with Gasteiger partial charge in [-0.05, 0) is 18.9 Å². The van der Waals surface area contributed by atoms with E-state index >= 15 is 0 Å². The monoisotopic (exact) mass is 272 g/mol. The third-order valence-electron chi connectivity index (χ3n) is 2.27. The van der Waals surface area contributed by atoms with E-state index in [1.54, 1.807) is 0 Å². The van der Waals surface area contributed by atoms with Gasteiger partial charge in [0, 0.05) is 0 Å². The zero-order valence-electron chi connectivity index (χ0n) is 12.3. The van der Waals surface area contributed by atoms with Crippen molar-refractivity contribution in [1.29, 1.82) is 0 Å². The summed E-state index contributed by atoms with van der Waals surface area (Å²) in [6.07, 6.45) is 2.45. The standard InChI is InChI=1S/C9H12.C6H6.C3H6O2/c1-2-6-9-7-4-3-5-8-9;1-2-4-6-5-3-1;1-3(5)2-4/h3-5,7-8H,2,6H2,1H3;1-6H;4H,2H2,1H3. The van der Waals surface area contributed by atoms with Crippen LogP contribution in [0.15, 0.2) is 66.7 Å². The van der Waals surface area contributed by atoms with Gasteiger partial charge in [0.2, 0.25) is 0 Å². The fourth-order valence-electron chi connectivity index (χ4n) is 1.32. The van der Waals surface area contributed by atoms with Crippen LogP contribution in [0.5, 0.6) is 0 Å². The van der Waals surface area contributed by atoms with Crippen LogP contribution >= 0.6 is 0 Å². The summed E-state index contributed by atoms with van der Waals surface area (Å²) in [5.41, 5.74) is 1.44. The topological polar surface area (TPSA) is 37.3 Å². The van der Waals surface area contributed by atoms with E-state index in [0.717, 1.165) is 0 Å². The highest BCUT2D eigenvalue weighted by Gasteiger charge is 1.84. The Morgan fingerprint density at radius 1 is 0.900 bits per heavy atom. The van der Waals surface area contributed by atoms with Crippen molar-refractivity contribution in [3.63, 3.8) is 0 Å². The van der Waals surface area contributed by atoms with Crippen LogP contribution in [0.2, 0.25) is 0 Å². The van der Waals surface area contributed by atoms with Gasteiger partial charge < -0.3 is 5.11 Å². The molecule has 20 heavy (non-hydrogen) atoms. The number of aliphatic hydroxyl groups excluding tert-OH is 1. The average molecular weight is 272 g/mol. The Morgan fingerprint density at radius 2 is 1.25 bits per heavy atom. The van der Waals surface area contributed by atoms with Crippen molar-refractivity contribution in [3.05, 3.63) is 72.3 Å². The van der Waals surface area contributed by atoms with Crippen LogP contribution < -0.4 is 0 Å². The zero-order chi connectivity index (χ0) is 15.1. The van der Waals surface area contributed by atoms with Crippen LogP contribution in [0.1, 0.15) is 25.8 Å². The molecule has 108 valence electrons. The van der Waals surface area contributed by atoms with Gasteiger partial charge in [0.05, 0.1) is 0 Å². The lowest BCUT2D eigenvalue weighted by Gasteiger charge is -1.93. The molecule has 2 nitrogen and oxygen atoms in total. The maximum absolute atomic E-state index is 9.56. The molecule has 0 atom stereocenters. The van der Waals surface area contributed by atoms with Crippen molar-refractivity contribution < 1.29 is 9.90 Å². The van der Waals surface area contributed by atoms with Crippen molar-refractivity contribution in [2.24, 2.45) is 0 Å². The van der Waals surface area contributed by atoms with Crippen molar-refractivity contribution in [2.75, 3.05) is 6.61 Å². The number of carbonyl (C=O) groups excluding carboxylic acids is 1. The lowest BCUT2D eigenvalue weighted by Crippen LogP contribution is -1.93. The molecule has 2 heteroatoms. The first-order valence-electron chi connectivity index (χ1n) is 6.85. The maximum Gasteiger partial charge on any atom is 0.155 e. The molecule has 0 spiro atoms. The SMILES string of the molecule is CC(=O)CO.CCCc1ccccc1.c1ccccc1. The van der Waals surface area contributed by atoms with Gasteiger partial charge in [0.15, 0.2) is 5.78 Å². The van der Waals surface area contributed by atoms with Gasteiger partial charge in [0.1, 0.15) is 6.61 Å². The summed E-state index contributed by atoms with van der Waals surface area (Å²) in [6.45, 7) is 3.20. The number of benzene rings is 2. The smallest absolute Gasteiger partial charge is 0.155 e. The first-order chi connectivity index (χ1) is 9.70. The molecule has 2 aromatic carbocycles. The number of rotatable bonds is 3. The van der Waals surface area contributed by atoms with E-state index in [-0.39, 0.29) is 12.4 Å². The van der Waals surface area contributed by atoms with Crippen LogP contribution in [-0.4, -0.2) is 17.5 Å². The number of aliphatic hydroxyl groups is 1. The fraction of sp³-hybridized carbons (Fsp3) is 0.278. The highest BCUT2D eigenvalue weighted by atomic mass is 16.3. The van der Waals surface area contributed by atoms with Crippen molar-refractivity contribution in [1.82, 2.24) is 0 Å². The highest BCUT2D eigenvalue weighted by Crippen LogP contribution is 2.00. The Hall–Kier alpha value is -1.93. The number of ketones is 1. The maximum atomic E-state index is 9.56. The van der Waals surface area contributed by atoms with E-state index in [0.29, 0.717) is 0 Å². The van der Waals surface area contributed by atoms with Crippen LogP contribution in [0.25, 0.3) is 0 Å². The van der Waals surface area contributed by atoms with Crippen molar-refractivity contribution in [3.8, 4) is 0 Å². The van der Waals surface area contributed by atoms with Gasteiger partial charge in [0.25, 0.3) is 0 Å². The molecule has 0 unspecified atom stereocenters. The number of Topliss-reactive ketones (excluding diaryl/α,β-unsaturated/α-hetero) is 1.